The molecular weight excluding hydrogens is 268 g/mol. The van der Waals surface area contributed by atoms with Crippen LogP contribution in [0.2, 0.25) is 0 Å². The van der Waals surface area contributed by atoms with E-state index in [-0.39, 0.29) is 41.3 Å². The Morgan fingerprint density at radius 3 is 2.37 bits per heavy atom. The minimum Gasteiger partial charge on any atom is -0.342 e. The SMILES string of the molecule is CC(C)(C)C1NC(=O)CN(C2CCS(=O)(=O)C2)C1=O. The van der Waals surface area contributed by atoms with Gasteiger partial charge in [-0.15, -0.1) is 0 Å². The summed E-state index contributed by atoms with van der Waals surface area (Å²) in [4.78, 5) is 25.6. The Labute approximate surface area is 113 Å². The quantitative estimate of drug-likeness (QED) is 0.708. The van der Waals surface area contributed by atoms with Gasteiger partial charge in [0.25, 0.3) is 0 Å². The van der Waals surface area contributed by atoms with E-state index in [0.29, 0.717) is 6.42 Å². The van der Waals surface area contributed by atoms with Crippen LogP contribution in [0.25, 0.3) is 0 Å². The number of nitrogens with one attached hydrogen (secondary N) is 1. The first kappa shape index (κ1) is 14.3. The van der Waals surface area contributed by atoms with Crippen molar-refractivity contribution in [1.29, 1.82) is 0 Å². The predicted molar refractivity (Wildman–Crippen MR) is 70.2 cm³/mol. The molecule has 7 heteroatoms. The second-order valence-corrected chi connectivity index (χ2v) is 8.62. The average Bonchev–Trinajstić information content (AvgIpc) is 2.60. The third-order valence-electron chi connectivity index (χ3n) is 3.66. The molecule has 0 aliphatic carbocycles. The molecule has 2 atom stereocenters. The van der Waals surface area contributed by atoms with E-state index in [9.17, 15) is 18.0 Å². The van der Waals surface area contributed by atoms with Crippen LogP contribution in [0, 0.1) is 5.41 Å². The van der Waals surface area contributed by atoms with Crippen molar-refractivity contribution in [3.63, 3.8) is 0 Å². The first-order valence-corrected chi connectivity index (χ1v) is 8.22. The van der Waals surface area contributed by atoms with Gasteiger partial charge in [-0.1, -0.05) is 20.8 Å². The molecule has 6 nitrogen and oxygen atoms in total. The molecule has 2 aliphatic heterocycles. The maximum absolute atomic E-state index is 12.4. The van der Waals surface area contributed by atoms with Crippen molar-refractivity contribution < 1.29 is 18.0 Å². The summed E-state index contributed by atoms with van der Waals surface area (Å²) in [6, 6.07) is -0.939. The molecule has 0 radical (unpaired) electrons. The Hall–Kier alpha value is -1.11. The van der Waals surface area contributed by atoms with Crippen LogP contribution < -0.4 is 5.32 Å². The second-order valence-electron chi connectivity index (χ2n) is 6.39. The fraction of sp³-hybridized carbons (Fsp3) is 0.833. The molecule has 0 aromatic rings. The van der Waals surface area contributed by atoms with Crippen molar-refractivity contribution in [3.8, 4) is 0 Å². The molecular formula is C12H20N2O4S. The number of carbonyl (C=O) groups excluding carboxylic acids is 2. The first-order valence-electron chi connectivity index (χ1n) is 6.40. The van der Waals surface area contributed by atoms with Gasteiger partial charge in [-0.2, -0.15) is 0 Å². The number of carbonyl (C=O) groups is 2. The topological polar surface area (TPSA) is 83.6 Å². The third-order valence-corrected chi connectivity index (χ3v) is 5.41. The summed E-state index contributed by atoms with van der Waals surface area (Å²) >= 11 is 0. The van der Waals surface area contributed by atoms with Gasteiger partial charge in [-0.25, -0.2) is 8.42 Å². The van der Waals surface area contributed by atoms with E-state index in [2.05, 4.69) is 5.32 Å². The highest BCUT2D eigenvalue weighted by molar-refractivity contribution is 7.91. The van der Waals surface area contributed by atoms with Crippen LogP contribution in [0.4, 0.5) is 0 Å². The molecule has 1 N–H and O–H groups in total. The highest BCUT2D eigenvalue weighted by Crippen LogP contribution is 2.26. The van der Waals surface area contributed by atoms with Crippen LogP contribution in [0.3, 0.4) is 0 Å². The lowest BCUT2D eigenvalue weighted by Crippen LogP contribution is -2.64. The third kappa shape index (κ3) is 2.91. The molecule has 2 amide bonds. The van der Waals surface area contributed by atoms with Gasteiger partial charge in [0.15, 0.2) is 9.84 Å². The zero-order valence-corrected chi connectivity index (χ0v) is 12.3. The van der Waals surface area contributed by atoms with Gasteiger partial charge in [0, 0.05) is 6.04 Å². The van der Waals surface area contributed by atoms with Crippen molar-refractivity contribution in [2.45, 2.75) is 39.3 Å². The van der Waals surface area contributed by atoms with Gasteiger partial charge in [-0.05, 0) is 11.8 Å². The standard InChI is InChI=1S/C12H20N2O4S/c1-12(2,3)10-11(16)14(6-9(15)13-10)8-4-5-19(17,18)7-8/h8,10H,4-7H2,1-3H3,(H,13,15). The molecule has 0 aromatic carbocycles. The van der Waals surface area contributed by atoms with Crippen molar-refractivity contribution in [2.24, 2.45) is 5.41 Å². The van der Waals surface area contributed by atoms with Gasteiger partial charge >= 0.3 is 0 Å². The smallest absolute Gasteiger partial charge is 0.246 e. The Kier molecular flexibility index (Phi) is 3.36. The van der Waals surface area contributed by atoms with Gasteiger partial charge in [0.1, 0.15) is 6.04 Å². The normalized spacial score (nSPS) is 31.4. The Balaban J connectivity index is 2.21. The van der Waals surface area contributed by atoms with Crippen LogP contribution in [0.15, 0.2) is 0 Å². The number of amides is 2. The summed E-state index contributed by atoms with van der Waals surface area (Å²) in [6.07, 6.45) is 0.429. The number of piperazine rings is 1. The summed E-state index contributed by atoms with van der Waals surface area (Å²) in [6.45, 7) is 5.60. The van der Waals surface area contributed by atoms with Crippen molar-refractivity contribution in [3.05, 3.63) is 0 Å². The summed E-state index contributed by atoms with van der Waals surface area (Å²) in [5.41, 5.74) is -0.386. The number of nitrogens with zero attached hydrogens (tertiary/aromatic N) is 1. The fourth-order valence-corrected chi connectivity index (χ4v) is 4.31. The minimum absolute atomic E-state index is 0.0249. The monoisotopic (exact) mass is 288 g/mol. The lowest BCUT2D eigenvalue weighted by molar-refractivity contribution is -0.149. The van der Waals surface area contributed by atoms with Crippen LogP contribution in [-0.4, -0.2) is 55.3 Å². The number of rotatable bonds is 1. The van der Waals surface area contributed by atoms with E-state index in [1.165, 1.54) is 4.90 Å². The van der Waals surface area contributed by atoms with Gasteiger partial charge in [-0.3, -0.25) is 9.59 Å². The van der Waals surface area contributed by atoms with Gasteiger partial charge < -0.3 is 10.2 Å². The molecule has 2 fully saturated rings. The van der Waals surface area contributed by atoms with E-state index in [4.69, 9.17) is 0 Å². The van der Waals surface area contributed by atoms with Crippen molar-refractivity contribution in [1.82, 2.24) is 10.2 Å². The molecule has 2 unspecified atom stereocenters. The van der Waals surface area contributed by atoms with Gasteiger partial charge in [0.2, 0.25) is 11.8 Å². The van der Waals surface area contributed by atoms with Crippen LogP contribution in [0.5, 0.6) is 0 Å². The summed E-state index contributed by atoms with van der Waals surface area (Å²) < 4.78 is 23.0. The molecule has 2 aliphatic rings. The van der Waals surface area contributed by atoms with E-state index < -0.39 is 15.9 Å². The second kappa shape index (κ2) is 4.47. The Bertz CT molecular complexity index is 506. The fourth-order valence-electron chi connectivity index (χ4n) is 2.58. The van der Waals surface area contributed by atoms with E-state index in [1.54, 1.807) is 0 Å². The molecule has 0 spiro atoms. The molecule has 19 heavy (non-hydrogen) atoms. The maximum atomic E-state index is 12.4. The summed E-state index contributed by atoms with van der Waals surface area (Å²) in [7, 11) is -3.06. The molecule has 2 saturated heterocycles. The zero-order chi connectivity index (χ0) is 14.4. The average molecular weight is 288 g/mol. The molecule has 108 valence electrons. The van der Waals surface area contributed by atoms with E-state index in [1.807, 2.05) is 20.8 Å². The molecule has 2 rings (SSSR count). The van der Waals surface area contributed by atoms with E-state index >= 15 is 0 Å². The van der Waals surface area contributed by atoms with Crippen LogP contribution in [0.1, 0.15) is 27.2 Å². The van der Waals surface area contributed by atoms with Crippen LogP contribution >= 0.6 is 0 Å². The molecule has 2 heterocycles. The molecule has 0 bridgehead atoms. The lowest BCUT2D eigenvalue weighted by Gasteiger charge is -2.41. The van der Waals surface area contributed by atoms with Crippen molar-refractivity contribution >= 4 is 21.7 Å². The van der Waals surface area contributed by atoms with Gasteiger partial charge in [0.05, 0.1) is 18.1 Å². The number of hydrogen-bond acceptors (Lipinski definition) is 4. The highest BCUT2D eigenvalue weighted by atomic mass is 32.2. The summed E-state index contributed by atoms with van der Waals surface area (Å²) in [5, 5.41) is 2.70. The van der Waals surface area contributed by atoms with Crippen LogP contribution in [-0.2, 0) is 19.4 Å². The van der Waals surface area contributed by atoms with Crippen molar-refractivity contribution in [2.75, 3.05) is 18.1 Å². The van der Waals surface area contributed by atoms with E-state index in [0.717, 1.165) is 0 Å². The Morgan fingerprint density at radius 1 is 1.26 bits per heavy atom. The molecule has 0 saturated carbocycles. The largest absolute Gasteiger partial charge is 0.342 e. The Morgan fingerprint density at radius 2 is 1.89 bits per heavy atom. The molecule has 0 aromatic heterocycles. The zero-order valence-electron chi connectivity index (χ0n) is 11.5. The lowest BCUT2D eigenvalue weighted by atomic mass is 9.84. The first-order chi connectivity index (χ1) is 8.60. The highest BCUT2D eigenvalue weighted by Gasteiger charge is 2.44. The predicted octanol–water partition coefficient (Wildman–Crippen LogP) is -0.453. The summed E-state index contributed by atoms with van der Waals surface area (Å²) in [5.74, 6) is -0.315. The minimum atomic E-state index is -3.06. The number of hydrogen-bond donors (Lipinski definition) is 1. The maximum Gasteiger partial charge on any atom is 0.246 e. The number of sulfone groups is 1.